The molecule has 3 heteroatoms. The van der Waals surface area contributed by atoms with Crippen molar-refractivity contribution in [2.24, 2.45) is 0 Å². The van der Waals surface area contributed by atoms with E-state index in [0.717, 1.165) is 17.9 Å². The maximum atomic E-state index is 6.08. The molecule has 1 atom stereocenters. The van der Waals surface area contributed by atoms with Gasteiger partial charge in [0, 0.05) is 10.6 Å². The van der Waals surface area contributed by atoms with Gasteiger partial charge in [-0.25, -0.2) is 0 Å². The van der Waals surface area contributed by atoms with Gasteiger partial charge in [0.2, 0.25) is 0 Å². The molecule has 0 spiro atoms. The monoisotopic (exact) mass is 303 g/mol. The summed E-state index contributed by atoms with van der Waals surface area (Å²) in [7, 11) is 1.68. The highest BCUT2D eigenvalue weighted by atomic mass is 35.5. The van der Waals surface area contributed by atoms with Crippen LogP contribution in [0.2, 0.25) is 5.02 Å². The molecule has 2 aromatic rings. The summed E-state index contributed by atoms with van der Waals surface area (Å²) in [5, 5.41) is 4.24. The SMILES string of the molecule is CCNC(c1ccc(Cl)cc1OC)c1cccc(C)c1C. The van der Waals surface area contributed by atoms with Gasteiger partial charge >= 0.3 is 0 Å². The van der Waals surface area contributed by atoms with Crippen LogP contribution >= 0.6 is 11.6 Å². The molecule has 0 aliphatic carbocycles. The van der Waals surface area contributed by atoms with Gasteiger partial charge in [0.1, 0.15) is 5.75 Å². The molecule has 1 N–H and O–H groups in total. The summed E-state index contributed by atoms with van der Waals surface area (Å²) in [6, 6.07) is 12.3. The number of hydrogen-bond donors (Lipinski definition) is 1. The molecule has 1 unspecified atom stereocenters. The fourth-order valence-corrected chi connectivity index (χ4v) is 2.76. The van der Waals surface area contributed by atoms with Crippen LogP contribution in [0.25, 0.3) is 0 Å². The first kappa shape index (κ1) is 15.9. The van der Waals surface area contributed by atoms with Crippen LogP contribution in [-0.2, 0) is 0 Å². The molecule has 2 rings (SSSR count). The lowest BCUT2D eigenvalue weighted by molar-refractivity contribution is 0.404. The first-order valence-corrected chi connectivity index (χ1v) is 7.59. The van der Waals surface area contributed by atoms with Crippen LogP contribution in [0.3, 0.4) is 0 Å². The van der Waals surface area contributed by atoms with E-state index in [0.29, 0.717) is 5.02 Å². The number of rotatable bonds is 5. The third-order valence-corrected chi connectivity index (χ3v) is 4.11. The van der Waals surface area contributed by atoms with Crippen LogP contribution in [0.4, 0.5) is 0 Å². The molecule has 0 fully saturated rings. The molecule has 0 bridgehead atoms. The zero-order chi connectivity index (χ0) is 15.4. The molecular weight excluding hydrogens is 282 g/mol. The maximum Gasteiger partial charge on any atom is 0.125 e. The number of hydrogen-bond acceptors (Lipinski definition) is 2. The number of benzene rings is 2. The highest BCUT2D eigenvalue weighted by molar-refractivity contribution is 6.30. The van der Waals surface area contributed by atoms with Gasteiger partial charge in [-0.2, -0.15) is 0 Å². The second-order valence-corrected chi connectivity index (χ2v) is 5.60. The number of ether oxygens (including phenoxy) is 1. The minimum absolute atomic E-state index is 0.0992. The van der Waals surface area contributed by atoms with Crippen molar-refractivity contribution in [2.75, 3.05) is 13.7 Å². The van der Waals surface area contributed by atoms with Gasteiger partial charge < -0.3 is 10.1 Å². The van der Waals surface area contributed by atoms with Crippen LogP contribution in [-0.4, -0.2) is 13.7 Å². The largest absolute Gasteiger partial charge is 0.496 e. The van der Waals surface area contributed by atoms with Crippen LogP contribution in [0.5, 0.6) is 5.75 Å². The van der Waals surface area contributed by atoms with Crippen molar-refractivity contribution >= 4 is 11.6 Å². The maximum absolute atomic E-state index is 6.08. The lowest BCUT2D eigenvalue weighted by Gasteiger charge is -2.24. The van der Waals surface area contributed by atoms with Crippen molar-refractivity contribution in [1.29, 1.82) is 0 Å². The summed E-state index contributed by atoms with van der Waals surface area (Å²) >= 11 is 6.08. The van der Waals surface area contributed by atoms with E-state index >= 15 is 0 Å². The number of methoxy groups -OCH3 is 1. The Hall–Kier alpha value is -1.51. The van der Waals surface area contributed by atoms with E-state index in [1.54, 1.807) is 7.11 Å². The van der Waals surface area contributed by atoms with Crippen molar-refractivity contribution in [2.45, 2.75) is 26.8 Å². The van der Waals surface area contributed by atoms with Crippen molar-refractivity contribution in [3.63, 3.8) is 0 Å². The first-order chi connectivity index (χ1) is 10.1. The Morgan fingerprint density at radius 3 is 2.57 bits per heavy atom. The molecule has 0 aliphatic rings. The minimum atomic E-state index is 0.0992. The Labute approximate surface area is 132 Å². The number of nitrogens with one attached hydrogen (secondary N) is 1. The summed E-state index contributed by atoms with van der Waals surface area (Å²) in [5.74, 6) is 0.814. The fourth-order valence-electron chi connectivity index (χ4n) is 2.60. The molecule has 0 radical (unpaired) electrons. The molecule has 2 nitrogen and oxygen atoms in total. The summed E-state index contributed by atoms with van der Waals surface area (Å²) in [4.78, 5) is 0. The molecule has 21 heavy (non-hydrogen) atoms. The molecule has 0 aliphatic heterocycles. The van der Waals surface area contributed by atoms with E-state index in [9.17, 15) is 0 Å². The number of aryl methyl sites for hydroxylation is 1. The smallest absolute Gasteiger partial charge is 0.125 e. The van der Waals surface area contributed by atoms with E-state index in [1.807, 2.05) is 18.2 Å². The molecule has 0 saturated heterocycles. The Balaban J connectivity index is 2.56. The third-order valence-electron chi connectivity index (χ3n) is 3.87. The second-order valence-electron chi connectivity index (χ2n) is 5.17. The summed E-state index contributed by atoms with van der Waals surface area (Å²) in [6.45, 7) is 7.29. The predicted molar refractivity (Wildman–Crippen MR) is 89.4 cm³/mol. The topological polar surface area (TPSA) is 21.3 Å². The standard InChI is InChI=1S/C18H22ClNO/c1-5-20-18(15-8-6-7-12(2)13(15)3)16-10-9-14(19)11-17(16)21-4/h6-11,18,20H,5H2,1-4H3. The second kappa shape index (κ2) is 6.97. The van der Waals surface area contributed by atoms with Crippen LogP contribution in [0, 0.1) is 13.8 Å². The molecular formula is C18H22ClNO. The quantitative estimate of drug-likeness (QED) is 0.867. The van der Waals surface area contributed by atoms with Crippen LogP contribution in [0.15, 0.2) is 36.4 Å². The Morgan fingerprint density at radius 1 is 1.14 bits per heavy atom. The lowest BCUT2D eigenvalue weighted by Crippen LogP contribution is -2.23. The summed E-state index contributed by atoms with van der Waals surface area (Å²) in [5.41, 5.74) is 4.98. The van der Waals surface area contributed by atoms with Crippen molar-refractivity contribution < 1.29 is 4.74 Å². The zero-order valence-electron chi connectivity index (χ0n) is 13.0. The molecule has 0 heterocycles. The third kappa shape index (κ3) is 3.39. The van der Waals surface area contributed by atoms with Gasteiger partial charge in [-0.1, -0.05) is 42.8 Å². The van der Waals surface area contributed by atoms with E-state index in [-0.39, 0.29) is 6.04 Å². The molecule has 2 aromatic carbocycles. The molecule has 0 aromatic heterocycles. The van der Waals surface area contributed by atoms with Crippen LogP contribution < -0.4 is 10.1 Å². The van der Waals surface area contributed by atoms with Crippen molar-refractivity contribution in [1.82, 2.24) is 5.32 Å². The van der Waals surface area contributed by atoms with Gasteiger partial charge in [-0.15, -0.1) is 0 Å². The molecule has 112 valence electrons. The minimum Gasteiger partial charge on any atom is -0.496 e. The summed E-state index contributed by atoms with van der Waals surface area (Å²) < 4.78 is 5.52. The van der Waals surface area contributed by atoms with Gasteiger partial charge in [0.15, 0.2) is 0 Å². The predicted octanol–water partition coefficient (Wildman–Crippen LogP) is 4.66. The van der Waals surface area contributed by atoms with Crippen molar-refractivity contribution in [3.8, 4) is 5.75 Å². The van der Waals surface area contributed by atoms with E-state index in [2.05, 4.69) is 44.3 Å². The van der Waals surface area contributed by atoms with E-state index in [1.165, 1.54) is 16.7 Å². The van der Waals surface area contributed by atoms with Gasteiger partial charge in [-0.3, -0.25) is 0 Å². The average molecular weight is 304 g/mol. The van der Waals surface area contributed by atoms with E-state index < -0.39 is 0 Å². The Morgan fingerprint density at radius 2 is 1.90 bits per heavy atom. The van der Waals surface area contributed by atoms with Gasteiger partial charge in [0.25, 0.3) is 0 Å². The normalized spacial score (nSPS) is 12.2. The highest BCUT2D eigenvalue weighted by Gasteiger charge is 2.19. The van der Waals surface area contributed by atoms with Crippen molar-refractivity contribution in [3.05, 3.63) is 63.7 Å². The lowest BCUT2D eigenvalue weighted by atomic mass is 9.92. The zero-order valence-corrected chi connectivity index (χ0v) is 13.8. The number of halogens is 1. The van der Waals surface area contributed by atoms with Gasteiger partial charge in [0.05, 0.1) is 13.2 Å². The fraction of sp³-hybridized carbons (Fsp3) is 0.333. The highest BCUT2D eigenvalue weighted by Crippen LogP contribution is 2.34. The van der Waals surface area contributed by atoms with Gasteiger partial charge in [-0.05, 0) is 49.2 Å². The Bertz CT molecular complexity index is 625. The van der Waals surface area contributed by atoms with Crippen LogP contribution in [0.1, 0.15) is 35.2 Å². The molecule has 0 saturated carbocycles. The summed E-state index contributed by atoms with van der Waals surface area (Å²) in [6.07, 6.45) is 0. The molecule has 0 amide bonds. The first-order valence-electron chi connectivity index (χ1n) is 7.21. The average Bonchev–Trinajstić information content (AvgIpc) is 2.48. The Kier molecular flexibility index (Phi) is 5.27. The van der Waals surface area contributed by atoms with E-state index in [4.69, 9.17) is 16.3 Å².